The maximum atomic E-state index is 3.65. The summed E-state index contributed by atoms with van der Waals surface area (Å²) in [6, 6.07) is 9.41. The van der Waals surface area contributed by atoms with Crippen LogP contribution in [-0.4, -0.2) is 30.1 Å². The standard InChI is InChI=1S/C17H27BrN2/c1-17(2,3)19-11-14-7-10-16(14)20(4)12-13-5-8-15(18)9-6-13/h5-6,8-9,14,16,19H,7,10-12H2,1-4H3. The second-order valence-electron chi connectivity index (χ2n) is 7.08. The first-order valence-electron chi connectivity index (χ1n) is 7.55. The van der Waals surface area contributed by atoms with E-state index in [2.05, 4.69) is 78.2 Å². The fraction of sp³-hybridized carbons (Fsp3) is 0.647. The van der Waals surface area contributed by atoms with E-state index in [1.54, 1.807) is 0 Å². The summed E-state index contributed by atoms with van der Waals surface area (Å²) in [6.45, 7) is 8.91. The molecule has 0 aromatic heterocycles. The minimum atomic E-state index is 0.227. The first-order valence-corrected chi connectivity index (χ1v) is 8.34. The van der Waals surface area contributed by atoms with Crippen LogP contribution in [0.1, 0.15) is 39.2 Å². The van der Waals surface area contributed by atoms with Gasteiger partial charge in [0.1, 0.15) is 0 Å². The van der Waals surface area contributed by atoms with Gasteiger partial charge in [-0.3, -0.25) is 4.90 Å². The minimum absolute atomic E-state index is 0.227. The maximum absolute atomic E-state index is 3.65. The van der Waals surface area contributed by atoms with Gasteiger partial charge in [0, 0.05) is 22.6 Å². The Morgan fingerprint density at radius 1 is 1.20 bits per heavy atom. The molecule has 0 radical (unpaired) electrons. The highest BCUT2D eigenvalue weighted by Gasteiger charge is 2.34. The molecule has 3 heteroatoms. The van der Waals surface area contributed by atoms with Gasteiger partial charge in [0.05, 0.1) is 0 Å². The van der Waals surface area contributed by atoms with Crippen LogP contribution in [0.3, 0.4) is 0 Å². The molecule has 2 nitrogen and oxygen atoms in total. The van der Waals surface area contributed by atoms with Crippen molar-refractivity contribution in [1.29, 1.82) is 0 Å². The van der Waals surface area contributed by atoms with Crippen LogP contribution < -0.4 is 5.32 Å². The van der Waals surface area contributed by atoms with Crippen molar-refractivity contribution in [3.05, 3.63) is 34.3 Å². The van der Waals surface area contributed by atoms with Gasteiger partial charge in [0.2, 0.25) is 0 Å². The van der Waals surface area contributed by atoms with Gasteiger partial charge in [0.25, 0.3) is 0 Å². The van der Waals surface area contributed by atoms with Crippen LogP contribution in [0.4, 0.5) is 0 Å². The number of hydrogen-bond donors (Lipinski definition) is 1. The monoisotopic (exact) mass is 338 g/mol. The van der Waals surface area contributed by atoms with Gasteiger partial charge >= 0.3 is 0 Å². The molecule has 1 aliphatic rings. The van der Waals surface area contributed by atoms with Gasteiger partial charge in [-0.15, -0.1) is 0 Å². The molecule has 2 unspecified atom stereocenters. The largest absolute Gasteiger partial charge is 0.312 e. The van der Waals surface area contributed by atoms with Gasteiger partial charge < -0.3 is 5.32 Å². The average molecular weight is 339 g/mol. The van der Waals surface area contributed by atoms with Crippen LogP contribution in [-0.2, 0) is 6.54 Å². The molecule has 2 atom stereocenters. The molecule has 1 aliphatic carbocycles. The number of nitrogens with zero attached hydrogens (tertiary/aromatic N) is 1. The van der Waals surface area contributed by atoms with E-state index in [-0.39, 0.29) is 5.54 Å². The van der Waals surface area contributed by atoms with Crippen LogP contribution in [0.2, 0.25) is 0 Å². The maximum Gasteiger partial charge on any atom is 0.0233 e. The third-order valence-corrected chi connectivity index (χ3v) is 4.71. The topological polar surface area (TPSA) is 15.3 Å². The molecule has 1 fully saturated rings. The summed E-state index contributed by atoms with van der Waals surface area (Å²) in [4.78, 5) is 2.52. The SMILES string of the molecule is CN(Cc1ccc(Br)cc1)C1CCC1CNC(C)(C)C. The highest BCUT2D eigenvalue weighted by Crippen LogP contribution is 2.32. The van der Waals surface area contributed by atoms with Crippen molar-refractivity contribution in [2.75, 3.05) is 13.6 Å². The smallest absolute Gasteiger partial charge is 0.0233 e. The van der Waals surface area contributed by atoms with E-state index in [0.717, 1.165) is 29.5 Å². The van der Waals surface area contributed by atoms with Crippen molar-refractivity contribution in [2.24, 2.45) is 5.92 Å². The number of halogens is 1. The molecule has 0 spiro atoms. The molecule has 0 saturated heterocycles. The Morgan fingerprint density at radius 2 is 1.85 bits per heavy atom. The van der Waals surface area contributed by atoms with Crippen LogP contribution in [0.25, 0.3) is 0 Å². The van der Waals surface area contributed by atoms with E-state index in [1.165, 1.54) is 18.4 Å². The van der Waals surface area contributed by atoms with Crippen molar-refractivity contribution in [1.82, 2.24) is 10.2 Å². The van der Waals surface area contributed by atoms with Gasteiger partial charge in [-0.2, -0.15) is 0 Å². The average Bonchev–Trinajstić information content (AvgIpc) is 2.29. The van der Waals surface area contributed by atoms with Crippen molar-refractivity contribution < 1.29 is 0 Å². The number of hydrogen-bond acceptors (Lipinski definition) is 2. The molecule has 0 heterocycles. The van der Waals surface area contributed by atoms with Crippen LogP contribution in [0.5, 0.6) is 0 Å². The van der Waals surface area contributed by atoms with Crippen molar-refractivity contribution >= 4 is 15.9 Å². The molecule has 0 aliphatic heterocycles. The normalized spacial score (nSPS) is 22.9. The van der Waals surface area contributed by atoms with E-state index >= 15 is 0 Å². The van der Waals surface area contributed by atoms with Gasteiger partial charge in [-0.05, 0) is 70.8 Å². The minimum Gasteiger partial charge on any atom is -0.312 e. The summed E-state index contributed by atoms with van der Waals surface area (Å²) in [5.41, 5.74) is 1.62. The number of nitrogens with one attached hydrogen (secondary N) is 1. The third kappa shape index (κ3) is 4.57. The lowest BCUT2D eigenvalue weighted by Crippen LogP contribution is -2.51. The highest BCUT2D eigenvalue weighted by molar-refractivity contribution is 9.10. The Kier molecular flexibility index (Phi) is 5.27. The summed E-state index contributed by atoms with van der Waals surface area (Å²) < 4.78 is 1.15. The molecule has 1 aromatic rings. The summed E-state index contributed by atoms with van der Waals surface area (Å²) in [5.74, 6) is 0.801. The van der Waals surface area contributed by atoms with Gasteiger partial charge in [0.15, 0.2) is 0 Å². The van der Waals surface area contributed by atoms with Crippen LogP contribution >= 0.6 is 15.9 Å². The quantitative estimate of drug-likeness (QED) is 0.871. The van der Waals surface area contributed by atoms with E-state index in [4.69, 9.17) is 0 Å². The molecule has 1 aromatic carbocycles. The molecular formula is C17H27BrN2. The van der Waals surface area contributed by atoms with Crippen molar-refractivity contribution in [3.8, 4) is 0 Å². The van der Waals surface area contributed by atoms with Gasteiger partial charge in [-0.25, -0.2) is 0 Å². The predicted molar refractivity (Wildman–Crippen MR) is 89.9 cm³/mol. The molecule has 1 saturated carbocycles. The number of rotatable bonds is 5. The Balaban J connectivity index is 1.83. The molecule has 2 rings (SSSR count). The lowest BCUT2D eigenvalue weighted by atomic mass is 9.78. The van der Waals surface area contributed by atoms with Crippen molar-refractivity contribution in [2.45, 2.75) is 51.7 Å². The number of benzene rings is 1. The van der Waals surface area contributed by atoms with Gasteiger partial charge in [-0.1, -0.05) is 28.1 Å². The van der Waals surface area contributed by atoms with Crippen LogP contribution in [0, 0.1) is 5.92 Å². The summed E-state index contributed by atoms with van der Waals surface area (Å²) >= 11 is 3.49. The summed E-state index contributed by atoms with van der Waals surface area (Å²) in [6.07, 6.45) is 2.70. The highest BCUT2D eigenvalue weighted by atomic mass is 79.9. The Morgan fingerprint density at radius 3 is 2.35 bits per heavy atom. The Bertz CT molecular complexity index is 422. The first kappa shape index (κ1) is 16.0. The summed E-state index contributed by atoms with van der Waals surface area (Å²) in [5, 5.41) is 3.65. The third-order valence-electron chi connectivity index (χ3n) is 4.18. The molecular weight excluding hydrogens is 312 g/mol. The van der Waals surface area contributed by atoms with Crippen LogP contribution in [0.15, 0.2) is 28.7 Å². The fourth-order valence-corrected chi connectivity index (χ4v) is 3.07. The lowest BCUT2D eigenvalue weighted by Gasteiger charge is -2.44. The second kappa shape index (κ2) is 6.59. The molecule has 0 amide bonds. The van der Waals surface area contributed by atoms with E-state index in [0.29, 0.717) is 0 Å². The second-order valence-corrected chi connectivity index (χ2v) is 7.99. The molecule has 1 N–H and O–H groups in total. The zero-order valence-electron chi connectivity index (χ0n) is 13.1. The molecule has 0 bridgehead atoms. The first-order chi connectivity index (χ1) is 9.35. The van der Waals surface area contributed by atoms with E-state index < -0.39 is 0 Å². The Hall–Kier alpha value is -0.380. The zero-order valence-corrected chi connectivity index (χ0v) is 14.7. The van der Waals surface area contributed by atoms with E-state index in [1.807, 2.05) is 0 Å². The lowest BCUT2D eigenvalue weighted by molar-refractivity contribution is 0.0738. The predicted octanol–water partition coefficient (Wildman–Crippen LogP) is 4.05. The zero-order chi connectivity index (χ0) is 14.8. The Labute approximate surface area is 132 Å². The fourth-order valence-electron chi connectivity index (χ4n) is 2.80. The molecule has 20 heavy (non-hydrogen) atoms. The van der Waals surface area contributed by atoms with E-state index in [9.17, 15) is 0 Å². The van der Waals surface area contributed by atoms with Crippen molar-refractivity contribution in [3.63, 3.8) is 0 Å². The molecule has 112 valence electrons. The summed E-state index contributed by atoms with van der Waals surface area (Å²) in [7, 11) is 2.26.